The monoisotopic (exact) mass is 254 g/mol. The molecule has 0 aliphatic rings. The quantitative estimate of drug-likeness (QED) is 0.745. The van der Waals surface area contributed by atoms with E-state index >= 15 is 0 Å². The predicted molar refractivity (Wildman–Crippen MR) is 72.2 cm³/mol. The molecule has 0 spiro atoms. The number of hydrogen-bond acceptors (Lipinski definition) is 5. The van der Waals surface area contributed by atoms with Gasteiger partial charge in [-0.2, -0.15) is 0 Å². The summed E-state index contributed by atoms with van der Waals surface area (Å²) in [5.74, 6) is 0.527. The molecule has 1 aromatic heterocycles. The van der Waals surface area contributed by atoms with E-state index in [4.69, 9.17) is 22.7 Å². The van der Waals surface area contributed by atoms with E-state index in [9.17, 15) is 0 Å². The van der Waals surface area contributed by atoms with E-state index in [0.29, 0.717) is 24.8 Å². The molecule has 94 valence electrons. The van der Waals surface area contributed by atoms with Crippen molar-refractivity contribution in [3.8, 4) is 0 Å². The van der Waals surface area contributed by atoms with Crippen LogP contribution in [0.4, 0.5) is 5.95 Å². The van der Waals surface area contributed by atoms with Crippen LogP contribution in [-0.2, 0) is 4.74 Å². The molecule has 1 heterocycles. The normalized spacial score (nSPS) is 12.2. The molecule has 0 fully saturated rings. The fraction of sp³-hybridized carbons (Fsp3) is 0.545. The Kier molecular flexibility index (Phi) is 5.24. The van der Waals surface area contributed by atoms with E-state index in [-0.39, 0.29) is 11.1 Å². The summed E-state index contributed by atoms with van der Waals surface area (Å²) in [5, 5.41) is 3.10. The van der Waals surface area contributed by atoms with E-state index in [1.807, 2.05) is 20.8 Å². The van der Waals surface area contributed by atoms with Crippen LogP contribution < -0.4 is 11.1 Å². The number of anilines is 1. The molecule has 1 unspecified atom stereocenters. The van der Waals surface area contributed by atoms with Crippen molar-refractivity contribution < 1.29 is 4.74 Å². The summed E-state index contributed by atoms with van der Waals surface area (Å²) < 4.78 is 5.40. The van der Waals surface area contributed by atoms with E-state index in [2.05, 4.69) is 15.3 Å². The summed E-state index contributed by atoms with van der Waals surface area (Å²) in [5.41, 5.74) is 6.95. The van der Waals surface area contributed by atoms with Crippen molar-refractivity contribution in [1.29, 1.82) is 0 Å². The third-order valence-corrected chi connectivity index (χ3v) is 2.31. The number of aromatic nitrogens is 2. The number of ether oxygens (including phenoxy) is 1. The van der Waals surface area contributed by atoms with Crippen molar-refractivity contribution in [2.24, 2.45) is 5.73 Å². The molecule has 1 atom stereocenters. The van der Waals surface area contributed by atoms with Gasteiger partial charge in [-0.1, -0.05) is 12.2 Å². The first-order valence-electron chi connectivity index (χ1n) is 5.54. The number of nitrogens with zero attached hydrogens (tertiary/aromatic N) is 2. The SMILES string of the molecule is CCOC(C)CNc1nc(C)cc(C(N)=S)n1. The topological polar surface area (TPSA) is 73.1 Å². The van der Waals surface area contributed by atoms with Gasteiger partial charge in [0.1, 0.15) is 10.7 Å². The molecule has 0 saturated carbocycles. The fourth-order valence-electron chi connectivity index (χ4n) is 1.35. The minimum Gasteiger partial charge on any atom is -0.388 e. The van der Waals surface area contributed by atoms with Crippen LogP contribution in [0.3, 0.4) is 0 Å². The molecular formula is C11H18N4OS. The predicted octanol–water partition coefficient (Wildman–Crippen LogP) is 1.26. The molecule has 5 nitrogen and oxygen atoms in total. The zero-order chi connectivity index (χ0) is 12.8. The van der Waals surface area contributed by atoms with Crippen molar-refractivity contribution in [2.45, 2.75) is 26.9 Å². The molecule has 1 rings (SSSR count). The second kappa shape index (κ2) is 6.46. The summed E-state index contributed by atoms with van der Waals surface area (Å²) in [7, 11) is 0. The van der Waals surface area contributed by atoms with Gasteiger partial charge in [0.2, 0.25) is 5.95 Å². The second-order valence-electron chi connectivity index (χ2n) is 3.73. The second-order valence-corrected chi connectivity index (χ2v) is 4.17. The Morgan fingerprint density at radius 3 is 2.88 bits per heavy atom. The lowest BCUT2D eigenvalue weighted by Crippen LogP contribution is -2.22. The maximum atomic E-state index is 5.54. The Morgan fingerprint density at radius 1 is 1.59 bits per heavy atom. The fourth-order valence-corrected chi connectivity index (χ4v) is 1.46. The summed E-state index contributed by atoms with van der Waals surface area (Å²) in [6.07, 6.45) is 0.109. The average molecular weight is 254 g/mol. The van der Waals surface area contributed by atoms with Crippen LogP contribution in [0.5, 0.6) is 0 Å². The highest BCUT2D eigenvalue weighted by atomic mass is 32.1. The van der Waals surface area contributed by atoms with Crippen molar-refractivity contribution in [1.82, 2.24) is 9.97 Å². The standard InChI is InChI=1S/C11H18N4OS/c1-4-16-8(3)6-13-11-14-7(2)5-9(15-11)10(12)17/h5,8H,4,6H2,1-3H3,(H2,12,17)(H,13,14,15). The number of aryl methyl sites for hydroxylation is 1. The first kappa shape index (κ1) is 13.8. The zero-order valence-corrected chi connectivity index (χ0v) is 11.2. The minimum absolute atomic E-state index is 0.109. The molecule has 0 saturated heterocycles. The van der Waals surface area contributed by atoms with Gasteiger partial charge in [-0.25, -0.2) is 9.97 Å². The van der Waals surface area contributed by atoms with Crippen molar-refractivity contribution in [2.75, 3.05) is 18.5 Å². The smallest absolute Gasteiger partial charge is 0.223 e. The summed E-state index contributed by atoms with van der Waals surface area (Å²) in [4.78, 5) is 8.75. The summed E-state index contributed by atoms with van der Waals surface area (Å²) in [6, 6.07) is 1.76. The van der Waals surface area contributed by atoms with Gasteiger partial charge in [0.25, 0.3) is 0 Å². The van der Waals surface area contributed by atoms with Crippen LogP contribution in [0.1, 0.15) is 25.2 Å². The van der Waals surface area contributed by atoms with Gasteiger partial charge in [0, 0.05) is 18.8 Å². The highest BCUT2D eigenvalue weighted by molar-refractivity contribution is 7.80. The van der Waals surface area contributed by atoms with Gasteiger partial charge in [-0.3, -0.25) is 0 Å². The molecule has 17 heavy (non-hydrogen) atoms. The average Bonchev–Trinajstić information content (AvgIpc) is 2.26. The lowest BCUT2D eigenvalue weighted by Gasteiger charge is -2.13. The third-order valence-electron chi connectivity index (χ3n) is 2.11. The van der Waals surface area contributed by atoms with Crippen LogP contribution >= 0.6 is 12.2 Å². The first-order valence-corrected chi connectivity index (χ1v) is 5.94. The molecule has 6 heteroatoms. The number of rotatable bonds is 6. The van der Waals surface area contributed by atoms with Crippen LogP contribution in [0, 0.1) is 6.92 Å². The van der Waals surface area contributed by atoms with Gasteiger partial charge >= 0.3 is 0 Å². The van der Waals surface area contributed by atoms with Crippen LogP contribution in [0.2, 0.25) is 0 Å². The zero-order valence-electron chi connectivity index (χ0n) is 10.4. The van der Waals surface area contributed by atoms with Crippen molar-refractivity contribution in [3.63, 3.8) is 0 Å². The highest BCUT2D eigenvalue weighted by Crippen LogP contribution is 2.05. The summed E-state index contributed by atoms with van der Waals surface area (Å²) >= 11 is 4.89. The van der Waals surface area contributed by atoms with Gasteiger partial charge in [0.05, 0.1) is 6.10 Å². The molecule has 1 aromatic rings. The minimum atomic E-state index is 0.109. The van der Waals surface area contributed by atoms with Gasteiger partial charge in [0.15, 0.2) is 0 Å². The Morgan fingerprint density at radius 2 is 2.29 bits per heavy atom. The Balaban J connectivity index is 2.68. The van der Waals surface area contributed by atoms with E-state index < -0.39 is 0 Å². The number of thiocarbonyl (C=S) groups is 1. The van der Waals surface area contributed by atoms with E-state index in [1.165, 1.54) is 0 Å². The number of nitrogens with two attached hydrogens (primary N) is 1. The van der Waals surface area contributed by atoms with Gasteiger partial charge in [-0.15, -0.1) is 0 Å². The number of nitrogens with one attached hydrogen (secondary N) is 1. The highest BCUT2D eigenvalue weighted by Gasteiger charge is 2.06. The Bertz CT molecular complexity index is 397. The lowest BCUT2D eigenvalue weighted by molar-refractivity contribution is 0.0854. The van der Waals surface area contributed by atoms with Crippen LogP contribution in [-0.4, -0.2) is 34.2 Å². The molecule has 3 N–H and O–H groups in total. The van der Waals surface area contributed by atoms with Crippen molar-refractivity contribution >= 4 is 23.2 Å². The van der Waals surface area contributed by atoms with Gasteiger partial charge in [-0.05, 0) is 26.8 Å². The molecule has 0 radical (unpaired) electrons. The first-order chi connectivity index (χ1) is 8.02. The van der Waals surface area contributed by atoms with Crippen molar-refractivity contribution in [3.05, 3.63) is 17.5 Å². The maximum absolute atomic E-state index is 5.54. The Hall–Kier alpha value is -1.27. The maximum Gasteiger partial charge on any atom is 0.223 e. The molecule has 0 bridgehead atoms. The van der Waals surface area contributed by atoms with Gasteiger partial charge < -0.3 is 15.8 Å². The van der Waals surface area contributed by atoms with Crippen LogP contribution in [0.15, 0.2) is 6.07 Å². The molecule has 0 aliphatic heterocycles. The van der Waals surface area contributed by atoms with E-state index in [0.717, 1.165) is 5.69 Å². The molecule has 0 aromatic carbocycles. The molecular weight excluding hydrogens is 236 g/mol. The van der Waals surface area contributed by atoms with E-state index in [1.54, 1.807) is 6.07 Å². The number of hydrogen-bond donors (Lipinski definition) is 2. The lowest BCUT2D eigenvalue weighted by atomic mass is 10.3. The summed E-state index contributed by atoms with van der Waals surface area (Å²) in [6.45, 7) is 7.16. The molecule has 0 aliphatic carbocycles. The molecule has 0 amide bonds. The third kappa shape index (κ3) is 4.62. The van der Waals surface area contributed by atoms with Crippen LogP contribution in [0.25, 0.3) is 0 Å². The Labute approximate surface area is 107 Å². The largest absolute Gasteiger partial charge is 0.388 e.